The third kappa shape index (κ3) is 3.32. The zero-order valence-corrected chi connectivity index (χ0v) is 11.6. The second-order valence-corrected chi connectivity index (χ2v) is 8.35. The van der Waals surface area contributed by atoms with Crippen molar-refractivity contribution in [2.45, 2.75) is 32.9 Å². The fraction of sp³-hybridized carbons (Fsp3) is 0.429. The zero-order valence-electron chi connectivity index (χ0n) is 10.6. The summed E-state index contributed by atoms with van der Waals surface area (Å²) >= 11 is 0. The first-order chi connectivity index (χ1) is 7.61. The molecule has 0 aliphatic heterocycles. The molecule has 1 aromatic carbocycles. The van der Waals surface area contributed by atoms with E-state index < -0.39 is 8.32 Å². The minimum absolute atomic E-state index is 0.876. The average molecular weight is 234 g/mol. The molecule has 0 saturated heterocycles. The van der Waals surface area contributed by atoms with Crippen LogP contribution in [-0.4, -0.2) is 14.9 Å². The van der Waals surface area contributed by atoms with Crippen molar-refractivity contribution in [3.8, 4) is 0 Å². The van der Waals surface area contributed by atoms with E-state index in [4.69, 9.17) is 4.43 Å². The van der Waals surface area contributed by atoms with Crippen LogP contribution >= 0.6 is 0 Å². The van der Waals surface area contributed by atoms with Crippen molar-refractivity contribution < 1.29 is 4.43 Å². The molecule has 0 bridgehead atoms. The van der Waals surface area contributed by atoms with Gasteiger partial charge in [-0.25, -0.2) is 0 Å². The van der Waals surface area contributed by atoms with Crippen LogP contribution in [0.15, 0.2) is 30.8 Å². The maximum absolute atomic E-state index is 6.09. The molecule has 0 spiro atoms. The molecule has 0 heterocycles. The number of hydrogen-bond donors (Lipinski definition) is 0. The van der Waals surface area contributed by atoms with Gasteiger partial charge >= 0.3 is 0 Å². The summed E-state index contributed by atoms with van der Waals surface area (Å²) < 4.78 is 6.09. The summed E-state index contributed by atoms with van der Waals surface area (Å²) in [6.45, 7) is 11.4. The van der Waals surface area contributed by atoms with Crippen LogP contribution in [-0.2, 0) is 4.43 Å². The molecule has 0 aliphatic carbocycles. The van der Waals surface area contributed by atoms with Crippen LogP contribution < -0.4 is 5.19 Å². The van der Waals surface area contributed by atoms with Crippen molar-refractivity contribution >= 4 is 19.6 Å². The number of benzene rings is 1. The molecule has 0 saturated carbocycles. The van der Waals surface area contributed by atoms with Crippen molar-refractivity contribution in [3.63, 3.8) is 0 Å². The number of rotatable bonds is 6. The molecule has 1 rings (SSSR count). The Bertz CT molecular complexity index is 344. The first-order valence-corrected chi connectivity index (χ1v) is 8.88. The van der Waals surface area contributed by atoms with Crippen LogP contribution in [0.1, 0.15) is 25.3 Å². The topological polar surface area (TPSA) is 9.23 Å². The molecule has 1 nitrogen and oxygen atoms in total. The molecular weight excluding hydrogens is 212 g/mol. The van der Waals surface area contributed by atoms with Gasteiger partial charge in [-0.1, -0.05) is 50.3 Å². The Balaban J connectivity index is 2.83. The summed E-state index contributed by atoms with van der Waals surface area (Å²) in [6.07, 6.45) is 4.26. The lowest BCUT2D eigenvalue weighted by molar-refractivity contribution is 0.307. The molecule has 0 unspecified atom stereocenters. The molecular formula is C14H22OSi. The van der Waals surface area contributed by atoms with Crippen LogP contribution in [0.25, 0.3) is 6.08 Å². The van der Waals surface area contributed by atoms with Crippen molar-refractivity contribution in [2.75, 3.05) is 6.61 Å². The Morgan fingerprint density at radius 1 is 1.31 bits per heavy atom. The number of unbranched alkanes of at least 4 members (excludes halogenated alkanes) is 1. The van der Waals surface area contributed by atoms with Crippen LogP contribution in [0.5, 0.6) is 0 Å². The largest absolute Gasteiger partial charge is 0.413 e. The van der Waals surface area contributed by atoms with Crippen LogP contribution in [0.2, 0.25) is 13.1 Å². The van der Waals surface area contributed by atoms with E-state index >= 15 is 0 Å². The van der Waals surface area contributed by atoms with E-state index in [9.17, 15) is 0 Å². The summed E-state index contributed by atoms with van der Waals surface area (Å²) in [5.41, 5.74) is 1.22. The minimum atomic E-state index is -1.75. The first-order valence-electron chi connectivity index (χ1n) is 5.97. The fourth-order valence-corrected chi connectivity index (χ4v) is 3.96. The lowest BCUT2D eigenvalue weighted by Gasteiger charge is -2.25. The molecule has 0 aromatic heterocycles. The molecule has 0 atom stereocenters. The van der Waals surface area contributed by atoms with Gasteiger partial charge in [-0.05, 0) is 30.3 Å². The molecule has 0 amide bonds. The van der Waals surface area contributed by atoms with Gasteiger partial charge in [0.25, 0.3) is 0 Å². The highest BCUT2D eigenvalue weighted by molar-refractivity contribution is 6.84. The van der Waals surface area contributed by atoms with Crippen molar-refractivity contribution in [2.24, 2.45) is 0 Å². The maximum Gasteiger partial charge on any atom is 0.218 e. The highest BCUT2D eigenvalue weighted by atomic mass is 28.4. The van der Waals surface area contributed by atoms with Gasteiger partial charge < -0.3 is 4.43 Å². The third-order valence-corrected chi connectivity index (χ3v) is 5.47. The standard InChI is InChI=1S/C14H22OSi/c1-5-7-12-15-16(3,4)14-11-9-8-10-13(14)6-2/h6,8-11H,2,5,7,12H2,1,3-4H3. The second kappa shape index (κ2) is 6.02. The Kier molecular flexibility index (Phi) is 4.96. The number of hydrogen-bond acceptors (Lipinski definition) is 1. The third-order valence-electron chi connectivity index (χ3n) is 2.79. The molecule has 0 N–H and O–H groups in total. The van der Waals surface area contributed by atoms with E-state index in [0.717, 1.165) is 13.0 Å². The normalized spacial score (nSPS) is 11.4. The molecule has 0 radical (unpaired) electrons. The SMILES string of the molecule is C=Cc1ccccc1[Si](C)(C)OCCCC. The monoisotopic (exact) mass is 234 g/mol. The quantitative estimate of drug-likeness (QED) is 0.540. The Morgan fingerprint density at radius 3 is 2.62 bits per heavy atom. The maximum atomic E-state index is 6.09. The van der Waals surface area contributed by atoms with Gasteiger partial charge in [-0.15, -0.1) is 0 Å². The van der Waals surface area contributed by atoms with Gasteiger partial charge in [0.2, 0.25) is 8.32 Å². The summed E-state index contributed by atoms with van der Waals surface area (Å²) in [5.74, 6) is 0. The van der Waals surface area contributed by atoms with Crippen LogP contribution in [0, 0.1) is 0 Å². The second-order valence-electron chi connectivity index (χ2n) is 4.50. The Morgan fingerprint density at radius 2 is 2.00 bits per heavy atom. The van der Waals surface area contributed by atoms with Gasteiger partial charge in [-0.3, -0.25) is 0 Å². The van der Waals surface area contributed by atoms with Crippen molar-refractivity contribution in [3.05, 3.63) is 36.4 Å². The molecule has 0 fully saturated rings. The van der Waals surface area contributed by atoms with E-state index in [2.05, 4.69) is 50.9 Å². The lowest BCUT2D eigenvalue weighted by Crippen LogP contribution is -2.46. The molecule has 2 heteroatoms. The molecule has 1 aromatic rings. The van der Waals surface area contributed by atoms with Crippen LogP contribution in [0.4, 0.5) is 0 Å². The minimum Gasteiger partial charge on any atom is -0.413 e. The van der Waals surface area contributed by atoms with Crippen molar-refractivity contribution in [1.29, 1.82) is 0 Å². The van der Waals surface area contributed by atoms with Gasteiger partial charge in [0, 0.05) is 6.61 Å². The molecule has 16 heavy (non-hydrogen) atoms. The van der Waals surface area contributed by atoms with Crippen molar-refractivity contribution in [1.82, 2.24) is 0 Å². The smallest absolute Gasteiger partial charge is 0.218 e. The molecule has 0 aliphatic rings. The van der Waals surface area contributed by atoms with E-state index in [1.807, 2.05) is 6.08 Å². The highest BCUT2D eigenvalue weighted by Gasteiger charge is 2.26. The van der Waals surface area contributed by atoms with E-state index in [-0.39, 0.29) is 0 Å². The Hall–Kier alpha value is -0.863. The summed E-state index contributed by atoms with van der Waals surface area (Å²) in [4.78, 5) is 0. The highest BCUT2D eigenvalue weighted by Crippen LogP contribution is 2.11. The predicted octanol–water partition coefficient (Wildman–Crippen LogP) is 3.56. The summed E-state index contributed by atoms with van der Waals surface area (Å²) in [6, 6.07) is 8.42. The summed E-state index contributed by atoms with van der Waals surface area (Å²) in [7, 11) is -1.75. The first kappa shape index (κ1) is 13.2. The predicted molar refractivity (Wildman–Crippen MR) is 74.5 cm³/mol. The fourth-order valence-electron chi connectivity index (χ4n) is 1.77. The average Bonchev–Trinajstić information content (AvgIpc) is 2.29. The van der Waals surface area contributed by atoms with E-state index in [1.54, 1.807) is 0 Å². The van der Waals surface area contributed by atoms with Gasteiger partial charge in [-0.2, -0.15) is 0 Å². The Labute approximate surface area is 100 Å². The van der Waals surface area contributed by atoms with Gasteiger partial charge in [0.1, 0.15) is 0 Å². The molecule has 88 valence electrons. The van der Waals surface area contributed by atoms with E-state index in [1.165, 1.54) is 17.2 Å². The van der Waals surface area contributed by atoms with E-state index in [0.29, 0.717) is 0 Å². The van der Waals surface area contributed by atoms with Crippen LogP contribution in [0.3, 0.4) is 0 Å². The van der Waals surface area contributed by atoms with Gasteiger partial charge in [0.05, 0.1) is 0 Å². The van der Waals surface area contributed by atoms with Gasteiger partial charge in [0.15, 0.2) is 0 Å². The lowest BCUT2D eigenvalue weighted by atomic mass is 10.2. The zero-order chi connectivity index (χ0) is 12.0. The summed E-state index contributed by atoms with van der Waals surface area (Å²) in [5, 5.41) is 1.35.